The standard InChI is InChI=1S/C23H21N3O3S2/c1-15-13-20-21(14-16(15)2)30-23(26(20)3)24-22(27)17-9-11-18(12-10-17)25-31(28,29)19-7-5-4-6-8-19/h4-14,25H,1-3H3. The number of aryl methyl sites for hydroxylation is 3. The van der Waals surface area contributed by atoms with Crippen molar-refractivity contribution in [1.29, 1.82) is 0 Å². The first-order chi connectivity index (χ1) is 14.7. The number of amides is 1. The van der Waals surface area contributed by atoms with Gasteiger partial charge in [-0.2, -0.15) is 4.99 Å². The van der Waals surface area contributed by atoms with Gasteiger partial charge in [-0.25, -0.2) is 8.42 Å². The summed E-state index contributed by atoms with van der Waals surface area (Å²) in [6.07, 6.45) is 0. The highest BCUT2D eigenvalue weighted by atomic mass is 32.2. The minimum Gasteiger partial charge on any atom is -0.319 e. The summed E-state index contributed by atoms with van der Waals surface area (Å²) >= 11 is 1.46. The Labute approximate surface area is 184 Å². The maximum Gasteiger partial charge on any atom is 0.279 e. The van der Waals surface area contributed by atoms with Gasteiger partial charge in [0.25, 0.3) is 15.9 Å². The van der Waals surface area contributed by atoms with E-state index >= 15 is 0 Å². The van der Waals surface area contributed by atoms with Crippen molar-refractivity contribution in [3.05, 3.63) is 88.2 Å². The number of anilines is 1. The van der Waals surface area contributed by atoms with Crippen LogP contribution in [0.2, 0.25) is 0 Å². The predicted molar refractivity (Wildman–Crippen MR) is 124 cm³/mol. The van der Waals surface area contributed by atoms with E-state index in [1.54, 1.807) is 42.5 Å². The van der Waals surface area contributed by atoms with Gasteiger partial charge in [-0.05, 0) is 73.5 Å². The highest BCUT2D eigenvalue weighted by Gasteiger charge is 2.14. The second-order valence-corrected chi connectivity index (χ2v) is 9.95. The normalized spacial score (nSPS) is 12.3. The van der Waals surface area contributed by atoms with Gasteiger partial charge in [-0.1, -0.05) is 29.5 Å². The van der Waals surface area contributed by atoms with Crippen molar-refractivity contribution in [3.63, 3.8) is 0 Å². The third-order valence-corrected chi connectivity index (χ3v) is 7.55. The van der Waals surface area contributed by atoms with Crippen molar-refractivity contribution in [1.82, 2.24) is 4.57 Å². The van der Waals surface area contributed by atoms with Gasteiger partial charge in [-0.15, -0.1) is 0 Å². The second kappa shape index (κ2) is 8.13. The van der Waals surface area contributed by atoms with Crippen LogP contribution in [-0.4, -0.2) is 18.9 Å². The van der Waals surface area contributed by atoms with Crippen molar-refractivity contribution in [2.24, 2.45) is 12.0 Å². The van der Waals surface area contributed by atoms with Crippen LogP contribution in [0, 0.1) is 13.8 Å². The first-order valence-corrected chi connectivity index (χ1v) is 11.9. The molecule has 0 bridgehead atoms. The lowest BCUT2D eigenvalue weighted by molar-refractivity contribution is 0.0998. The summed E-state index contributed by atoms with van der Waals surface area (Å²) in [6, 6.07) is 18.6. The molecule has 0 saturated carbocycles. The van der Waals surface area contributed by atoms with Gasteiger partial charge in [0.1, 0.15) is 0 Å². The first kappa shape index (κ1) is 21.0. The molecule has 0 aliphatic carbocycles. The second-order valence-electron chi connectivity index (χ2n) is 7.26. The van der Waals surface area contributed by atoms with Crippen molar-refractivity contribution in [2.45, 2.75) is 18.7 Å². The molecule has 0 fully saturated rings. The van der Waals surface area contributed by atoms with Gasteiger partial charge >= 0.3 is 0 Å². The molecule has 0 unspecified atom stereocenters. The van der Waals surface area contributed by atoms with Crippen LogP contribution in [0.1, 0.15) is 21.5 Å². The lowest BCUT2D eigenvalue weighted by atomic mass is 10.1. The Morgan fingerprint density at radius 3 is 2.29 bits per heavy atom. The molecule has 1 N–H and O–H groups in total. The van der Waals surface area contributed by atoms with Crippen LogP contribution in [0.15, 0.2) is 76.6 Å². The van der Waals surface area contributed by atoms with Gasteiger partial charge in [-0.3, -0.25) is 9.52 Å². The minimum absolute atomic E-state index is 0.174. The quantitative estimate of drug-likeness (QED) is 0.499. The number of nitrogens with one attached hydrogen (secondary N) is 1. The molecule has 0 atom stereocenters. The first-order valence-electron chi connectivity index (χ1n) is 9.58. The van der Waals surface area contributed by atoms with Gasteiger partial charge in [0.05, 0.1) is 15.1 Å². The smallest absolute Gasteiger partial charge is 0.279 e. The van der Waals surface area contributed by atoms with E-state index in [9.17, 15) is 13.2 Å². The highest BCUT2D eigenvalue weighted by Crippen LogP contribution is 2.21. The molecule has 1 amide bonds. The van der Waals surface area contributed by atoms with E-state index in [-0.39, 0.29) is 10.8 Å². The van der Waals surface area contributed by atoms with Crippen molar-refractivity contribution in [2.75, 3.05) is 4.72 Å². The number of benzene rings is 3. The number of carbonyl (C=O) groups is 1. The molecule has 4 rings (SSSR count). The zero-order valence-electron chi connectivity index (χ0n) is 17.3. The van der Waals surface area contributed by atoms with E-state index in [0.29, 0.717) is 16.1 Å². The Morgan fingerprint density at radius 1 is 0.968 bits per heavy atom. The molecule has 158 valence electrons. The molecule has 4 aromatic rings. The molecule has 0 aliphatic rings. The summed E-state index contributed by atoms with van der Waals surface area (Å²) in [5.41, 5.74) is 4.17. The zero-order chi connectivity index (χ0) is 22.2. The fourth-order valence-corrected chi connectivity index (χ4v) is 5.31. The van der Waals surface area contributed by atoms with E-state index in [0.717, 1.165) is 10.2 Å². The number of nitrogens with zero attached hydrogens (tertiary/aromatic N) is 2. The van der Waals surface area contributed by atoms with Crippen molar-refractivity contribution in [3.8, 4) is 0 Å². The molecule has 0 saturated heterocycles. The molecule has 1 aromatic heterocycles. The number of thiazole rings is 1. The van der Waals surface area contributed by atoms with Crippen LogP contribution in [0.3, 0.4) is 0 Å². The monoisotopic (exact) mass is 451 g/mol. The SMILES string of the molecule is Cc1cc2sc(=NC(=O)c3ccc(NS(=O)(=O)c4ccccc4)cc3)n(C)c2cc1C. The third-order valence-electron chi connectivity index (χ3n) is 5.06. The Bertz CT molecular complexity index is 1450. The lowest BCUT2D eigenvalue weighted by Gasteiger charge is -2.08. The highest BCUT2D eigenvalue weighted by molar-refractivity contribution is 7.92. The van der Waals surface area contributed by atoms with E-state index < -0.39 is 10.0 Å². The molecule has 0 spiro atoms. The van der Waals surface area contributed by atoms with E-state index in [1.165, 1.54) is 34.6 Å². The number of fused-ring (bicyclic) bond motifs is 1. The summed E-state index contributed by atoms with van der Waals surface area (Å²) in [6.45, 7) is 4.12. The fraction of sp³-hybridized carbons (Fsp3) is 0.130. The van der Waals surface area contributed by atoms with Crippen LogP contribution in [0.25, 0.3) is 10.2 Å². The van der Waals surface area contributed by atoms with Crippen molar-refractivity contribution >= 4 is 43.2 Å². The Kier molecular flexibility index (Phi) is 5.51. The van der Waals surface area contributed by atoms with Gasteiger partial charge < -0.3 is 4.57 Å². The average Bonchev–Trinajstić information content (AvgIpc) is 3.04. The molecule has 0 radical (unpaired) electrons. The molecule has 31 heavy (non-hydrogen) atoms. The van der Waals surface area contributed by atoms with Gasteiger partial charge in [0, 0.05) is 18.3 Å². The van der Waals surface area contributed by atoms with Crippen LogP contribution >= 0.6 is 11.3 Å². The number of hydrogen-bond acceptors (Lipinski definition) is 4. The predicted octanol–water partition coefficient (Wildman–Crippen LogP) is 4.40. The summed E-state index contributed by atoms with van der Waals surface area (Å²) in [5, 5.41) is 0. The molecular formula is C23H21N3O3S2. The van der Waals surface area contributed by atoms with E-state index in [2.05, 4.69) is 35.7 Å². The van der Waals surface area contributed by atoms with Crippen LogP contribution in [-0.2, 0) is 17.1 Å². The molecular weight excluding hydrogens is 430 g/mol. The summed E-state index contributed by atoms with van der Waals surface area (Å²) in [4.78, 5) is 17.7. The maximum atomic E-state index is 12.7. The number of carbonyl (C=O) groups excluding carboxylic acids is 1. The maximum absolute atomic E-state index is 12.7. The Hall–Kier alpha value is -3.23. The van der Waals surface area contributed by atoms with E-state index in [4.69, 9.17) is 0 Å². The fourth-order valence-electron chi connectivity index (χ4n) is 3.13. The van der Waals surface area contributed by atoms with E-state index in [1.807, 2.05) is 11.6 Å². The molecule has 0 aliphatic heterocycles. The molecule has 1 heterocycles. The van der Waals surface area contributed by atoms with Crippen LogP contribution < -0.4 is 9.52 Å². The average molecular weight is 452 g/mol. The third kappa shape index (κ3) is 4.30. The Balaban J connectivity index is 1.59. The van der Waals surface area contributed by atoms with Crippen molar-refractivity contribution < 1.29 is 13.2 Å². The molecule has 3 aromatic carbocycles. The zero-order valence-corrected chi connectivity index (χ0v) is 18.9. The summed E-state index contributed by atoms with van der Waals surface area (Å²) in [5.74, 6) is -0.381. The van der Waals surface area contributed by atoms with Gasteiger partial charge in [0.15, 0.2) is 4.80 Å². The number of aromatic nitrogens is 1. The Morgan fingerprint density at radius 2 is 1.61 bits per heavy atom. The minimum atomic E-state index is -3.68. The number of sulfonamides is 1. The topological polar surface area (TPSA) is 80.5 Å². The molecule has 6 nitrogen and oxygen atoms in total. The lowest BCUT2D eigenvalue weighted by Crippen LogP contribution is -2.14. The van der Waals surface area contributed by atoms with Gasteiger partial charge in [0.2, 0.25) is 0 Å². The number of rotatable bonds is 4. The number of hydrogen-bond donors (Lipinski definition) is 1. The van der Waals surface area contributed by atoms with Crippen LogP contribution in [0.4, 0.5) is 5.69 Å². The summed E-state index contributed by atoms with van der Waals surface area (Å²) < 4.78 is 30.4. The molecule has 8 heteroatoms. The van der Waals surface area contributed by atoms with Crippen LogP contribution in [0.5, 0.6) is 0 Å². The summed E-state index contributed by atoms with van der Waals surface area (Å²) in [7, 11) is -1.79. The largest absolute Gasteiger partial charge is 0.319 e.